The number of fused-ring (bicyclic) bond motifs is 6. The second kappa shape index (κ2) is 24.2. The molecule has 384 valence electrons. The first kappa shape index (κ1) is 59.8. The first-order valence-electron chi connectivity index (χ1n) is 22.3. The third-order valence-electron chi connectivity index (χ3n) is 12.8. The lowest BCUT2D eigenvalue weighted by Gasteiger charge is -2.43. The van der Waals surface area contributed by atoms with Crippen LogP contribution < -0.4 is 10.7 Å². The van der Waals surface area contributed by atoms with Gasteiger partial charge < -0.3 is 29.2 Å². The van der Waals surface area contributed by atoms with E-state index >= 15 is 0 Å². The minimum Gasteiger partial charge on any atom is -0.464 e. The number of rotatable bonds is 10. The van der Waals surface area contributed by atoms with E-state index in [1.807, 2.05) is 38.3 Å². The fraction of sp³-hybridized carbons (Fsp3) is 0.565. The molecule has 3 aliphatic heterocycles. The quantitative estimate of drug-likeness (QED) is 0.196. The molecule has 4 aromatic rings. The minimum absolute atomic E-state index is 0. The zero-order chi connectivity index (χ0) is 47.1. The number of hydrazine groups is 1. The van der Waals surface area contributed by atoms with Crippen LogP contribution in [0.15, 0.2) is 41.9 Å². The first-order valence-corrected chi connectivity index (χ1v) is 24.7. The van der Waals surface area contributed by atoms with Crippen molar-refractivity contribution < 1.29 is 37.1 Å². The smallest absolute Gasteiger partial charge is 0.324 e. The number of aryl methyl sites for hydroxylation is 1. The lowest BCUT2D eigenvalue weighted by atomic mass is 9.84. The maximum absolute atomic E-state index is 14.6. The van der Waals surface area contributed by atoms with E-state index in [-0.39, 0.29) is 92.1 Å². The Kier molecular flexibility index (Phi) is 21.0. The number of ether oxygens (including phenoxy) is 2. The zero-order valence-corrected chi connectivity index (χ0v) is 46.7. The van der Waals surface area contributed by atoms with Gasteiger partial charge in [-0.2, -0.15) is 54.0 Å². The summed E-state index contributed by atoms with van der Waals surface area (Å²) in [5.74, 6) is -1.86. The van der Waals surface area contributed by atoms with E-state index in [2.05, 4.69) is 54.3 Å². The van der Waals surface area contributed by atoms with Crippen LogP contribution >= 0.6 is 65.3 Å². The number of hydrogen-bond donors (Lipinski definition) is 2. The van der Waals surface area contributed by atoms with Crippen LogP contribution in [0.4, 0.5) is 4.79 Å². The van der Waals surface area contributed by atoms with Crippen LogP contribution in [0, 0.1) is 11.3 Å². The summed E-state index contributed by atoms with van der Waals surface area (Å²) in [5.41, 5.74) is 9.12. The number of benzene rings is 1. The van der Waals surface area contributed by atoms with E-state index < -0.39 is 62.6 Å². The summed E-state index contributed by atoms with van der Waals surface area (Å²) in [7, 11) is 2.54. The second-order valence-electron chi connectivity index (χ2n) is 18.7. The van der Waals surface area contributed by atoms with Gasteiger partial charge in [-0.1, -0.05) is 33.8 Å². The minimum atomic E-state index is -3.56. The molecule has 23 heteroatoms. The number of thiazole rings is 1. The van der Waals surface area contributed by atoms with E-state index in [4.69, 9.17) is 19.4 Å². The van der Waals surface area contributed by atoms with Gasteiger partial charge >= 0.3 is 12.0 Å². The number of nitrogens with zero attached hydrogens (tertiary/aromatic N) is 7. The van der Waals surface area contributed by atoms with E-state index in [9.17, 15) is 27.6 Å². The Hall–Kier alpha value is -3.55. The maximum Gasteiger partial charge on any atom is 0.324 e. The van der Waals surface area contributed by atoms with Crippen molar-refractivity contribution in [3.8, 4) is 22.5 Å². The van der Waals surface area contributed by atoms with Crippen molar-refractivity contribution in [2.45, 2.75) is 103 Å². The molecule has 6 bridgehead atoms. The highest BCUT2D eigenvalue weighted by Gasteiger charge is 2.44. The zero-order valence-electron chi connectivity index (χ0n) is 41.1. The van der Waals surface area contributed by atoms with Crippen molar-refractivity contribution >= 4 is 110 Å². The molecule has 2 fully saturated rings. The molecule has 4 atom stereocenters. The predicted octanol–water partition coefficient (Wildman–Crippen LogP) is 5.31. The summed E-state index contributed by atoms with van der Waals surface area (Å²) in [6, 6.07) is 6.92. The van der Waals surface area contributed by atoms with Gasteiger partial charge in [-0.05, 0) is 68.9 Å². The van der Waals surface area contributed by atoms with Crippen molar-refractivity contribution in [3.63, 3.8) is 0 Å². The number of cyclic esters (lactones) is 1. The molecular formula is C46H71N9O8S6. The lowest BCUT2D eigenvalue weighted by Crippen LogP contribution is -2.65. The molecular weight excluding hydrogens is 999 g/mol. The Morgan fingerprint density at radius 2 is 1.77 bits per heavy atom. The van der Waals surface area contributed by atoms with Crippen LogP contribution in [0.3, 0.4) is 0 Å². The molecule has 69 heavy (non-hydrogen) atoms. The van der Waals surface area contributed by atoms with Gasteiger partial charge in [0.05, 0.1) is 34.8 Å². The summed E-state index contributed by atoms with van der Waals surface area (Å²) in [5, 5.41) is 7.22. The van der Waals surface area contributed by atoms with Gasteiger partial charge in [0, 0.05) is 99.9 Å². The Bertz CT molecular complexity index is 2570. The number of aromatic nitrogens is 3. The number of hydrogen-bond acceptors (Lipinski definition) is 12. The average molecular weight is 1070 g/mol. The number of likely N-dealkylation sites (N-methyl/N-ethyl adjacent to an activating group) is 1. The Balaban J connectivity index is 0.00000315. The van der Waals surface area contributed by atoms with Gasteiger partial charge in [-0.15, -0.1) is 11.3 Å². The number of esters is 1. The molecule has 2 saturated heterocycles. The van der Waals surface area contributed by atoms with Gasteiger partial charge in [0.25, 0.3) is 5.91 Å². The number of amides is 4. The molecule has 2 N–H and O–H groups in total. The van der Waals surface area contributed by atoms with Gasteiger partial charge in [0.1, 0.15) is 23.4 Å². The van der Waals surface area contributed by atoms with Gasteiger partial charge in [0.15, 0.2) is 0 Å². The monoisotopic (exact) mass is 1070 g/mol. The number of urea groups is 1. The topological polar surface area (TPSA) is 189 Å². The average Bonchev–Trinajstić information content (AvgIpc) is 3.85. The summed E-state index contributed by atoms with van der Waals surface area (Å²) < 4.78 is 40.7. The number of carbonyl (C=O) groups is 4. The molecule has 3 aromatic heterocycles. The van der Waals surface area contributed by atoms with Crippen molar-refractivity contribution in [2.75, 3.05) is 54.5 Å². The fourth-order valence-electron chi connectivity index (χ4n) is 9.17. The fourth-order valence-corrected chi connectivity index (χ4v) is 11.4. The third-order valence-corrected chi connectivity index (χ3v) is 15.9. The van der Waals surface area contributed by atoms with Crippen LogP contribution in [0.1, 0.15) is 76.8 Å². The van der Waals surface area contributed by atoms with Crippen molar-refractivity contribution in [2.24, 2.45) is 11.3 Å². The third kappa shape index (κ3) is 12.4. The van der Waals surface area contributed by atoms with Crippen LogP contribution in [0.5, 0.6) is 0 Å². The number of methoxy groups -OCH3 is 1. The van der Waals surface area contributed by atoms with Gasteiger partial charge in [-0.25, -0.2) is 27.9 Å². The molecule has 0 unspecified atom stereocenters. The summed E-state index contributed by atoms with van der Waals surface area (Å²) in [6.45, 7) is 13.0. The Morgan fingerprint density at radius 1 is 1.07 bits per heavy atom. The highest BCUT2D eigenvalue weighted by Crippen LogP contribution is 2.42. The Labute approximate surface area is 438 Å². The number of likely N-dealkylation sites (tertiary alicyclic amines) is 1. The van der Waals surface area contributed by atoms with Crippen molar-refractivity contribution in [1.82, 2.24) is 44.4 Å². The molecule has 3 aliphatic rings. The molecule has 0 aliphatic carbocycles. The number of nitrogens with one attached hydrogen (secondary N) is 2. The molecule has 4 amide bonds. The predicted molar refractivity (Wildman–Crippen MR) is 291 cm³/mol. The lowest BCUT2D eigenvalue weighted by molar-refractivity contribution is -0.155. The highest BCUT2D eigenvalue weighted by molar-refractivity contribution is 7.89. The summed E-state index contributed by atoms with van der Waals surface area (Å²) in [6.07, 6.45) is 3.09. The molecule has 0 radical (unpaired) electrons. The number of sulfonamides is 1. The van der Waals surface area contributed by atoms with Crippen LogP contribution in [0.25, 0.3) is 33.4 Å². The molecule has 1 aromatic carbocycles. The highest BCUT2D eigenvalue weighted by atomic mass is 32.2. The van der Waals surface area contributed by atoms with Gasteiger partial charge in [-0.3, -0.25) is 24.4 Å². The normalized spacial score (nSPS) is 19.4. The largest absolute Gasteiger partial charge is 0.464 e. The SMILES string of the molecule is CCn1c(-c2cccnc2[C@H](C)OC)c2c3cc(ccc31)-c1csc(n1)C[C@H](NC(=O)[C@H](C(C)C)N(C)C(=O)N1CC(S(=O)(=O)N(C)C)C1)C(=O)N1CCC[C@H](N1)C(=O)OCC(C)(C)C2.S.S.S.S. The van der Waals surface area contributed by atoms with Gasteiger partial charge in [0.2, 0.25) is 15.9 Å². The standard InChI is InChI=1S/C46H63N9O8S2.4H2S/c1-11-54-37-17-16-29-20-32(37)33(41(54)31-14-12-18-47-39(31)28(4)62-10)22-46(5,6)26-63-44(58)34-15-13-19-55(50-34)43(57)35(21-38-48-36(29)25-64-38)49-42(56)40(27(2)3)52(9)45(59)53-23-30(24-53)65(60,61)51(7)8;;;;/h12,14,16-18,20,25,27-28,30,34-35,40,50H,11,13,15,19,21-24,26H2,1-10H3,(H,49,56);4*1H2/t28-,34-,35-,40-;;;;/m0..../s1. The molecule has 7 rings (SSSR count). The molecule has 0 spiro atoms. The molecule has 0 saturated carbocycles. The Morgan fingerprint density at radius 3 is 2.41 bits per heavy atom. The summed E-state index contributed by atoms with van der Waals surface area (Å²) in [4.78, 5) is 69.1. The number of pyridine rings is 1. The van der Waals surface area contributed by atoms with E-state index in [0.717, 1.165) is 49.0 Å². The van der Waals surface area contributed by atoms with E-state index in [1.54, 1.807) is 13.3 Å². The molecule has 6 heterocycles. The van der Waals surface area contributed by atoms with Crippen LogP contribution in [-0.2, 0) is 53.3 Å². The van der Waals surface area contributed by atoms with Crippen molar-refractivity contribution in [3.05, 3.63) is 58.2 Å². The van der Waals surface area contributed by atoms with Crippen LogP contribution in [0.2, 0.25) is 0 Å². The van der Waals surface area contributed by atoms with E-state index in [0.29, 0.717) is 37.4 Å². The maximum atomic E-state index is 14.6. The first-order chi connectivity index (χ1) is 30.8. The van der Waals surface area contributed by atoms with Crippen LogP contribution in [-0.4, -0.2) is 144 Å². The second-order valence-corrected chi connectivity index (χ2v) is 22.1. The van der Waals surface area contributed by atoms with E-state index in [1.165, 1.54) is 47.3 Å². The number of carbonyl (C=O) groups excluding carboxylic acids is 4. The molecule has 17 nitrogen and oxygen atoms in total. The summed E-state index contributed by atoms with van der Waals surface area (Å²) >= 11 is 1.38. The van der Waals surface area contributed by atoms with Crippen molar-refractivity contribution in [1.29, 1.82) is 0 Å².